The van der Waals surface area contributed by atoms with Gasteiger partial charge in [-0.15, -0.1) is 0 Å². The number of carbonyl (C=O) groups is 2. The molecule has 0 heterocycles. The minimum absolute atomic E-state index is 0.0112. The van der Waals surface area contributed by atoms with E-state index in [4.69, 9.17) is 9.47 Å². The highest BCUT2D eigenvalue weighted by molar-refractivity contribution is 6.00. The third kappa shape index (κ3) is 4.85. The summed E-state index contributed by atoms with van der Waals surface area (Å²) < 4.78 is 25.5. The van der Waals surface area contributed by atoms with Crippen LogP contribution in [0, 0.1) is 17.7 Å². The third-order valence-electron chi connectivity index (χ3n) is 8.33. The minimum atomic E-state index is -1.14. The fraction of sp³-hybridized carbons (Fsp3) is 0.355. The van der Waals surface area contributed by atoms with Crippen LogP contribution in [0.1, 0.15) is 36.0 Å². The van der Waals surface area contributed by atoms with Gasteiger partial charge in [-0.05, 0) is 73.3 Å². The summed E-state index contributed by atoms with van der Waals surface area (Å²) >= 11 is 0. The van der Waals surface area contributed by atoms with Crippen LogP contribution in [0.15, 0.2) is 66.7 Å². The van der Waals surface area contributed by atoms with Gasteiger partial charge in [-0.25, -0.2) is 4.39 Å². The van der Waals surface area contributed by atoms with Gasteiger partial charge in [0.15, 0.2) is 0 Å². The zero-order valence-corrected chi connectivity index (χ0v) is 21.8. The molecule has 1 saturated carbocycles. The SMILES string of the molecule is COc1ccc(NC(=O)[C@@]2(N(C=O)Cc3ccccc3F)CC[C@@H]3Cc4ccccc4C[C@H]3C2)c(OC)c1. The molecule has 198 valence electrons. The standard InChI is InChI=1S/C31H33FN2O4/c1-37-26-11-12-28(29(17-26)38-2)33-30(36)31(34(20-35)19-24-9-5-6-10-27(24)32)14-13-23-15-21-7-3-4-8-22(21)16-25(23)18-31/h3-12,17,20,23,25H,13-16,18-19H2,1-2H3,(H,33,36)/t23-,25+,31-/m1/s1. The van der Waals surface area contributed by atoms with Gasteiger partial charge in [0.1, 0.15) is 22.9 Å². The smallest absolute Gasteiger partial charge is 0.250 e. The average Bonchev–Trinajstić information content (AvgIpc) is 2.95. The van der Waals surface area contributed by atoms with Gasteiger partial charge in [0, 0.05) is 18.2 Å². The van der Waals surface area contributed by atoms with E-state index >= 15 is 0 Å². The second kappa shape index (κ2) is 10.9. The summed E-state index contributed by atoms with van der Waals surface area (Å²) in [6.07, 6.45) is 4.33. The lowest BCUT2D eigenvalue weighted by molar-refractivity contribution is -0.143. The molecule has 0 spiro atoms. The molecule has 3 aromatic carbocycles. The van der Waals surface area contributed by atoms with E-state index in [1.54, 1.807) is 43.5 Å². The Morgan fingerprint density at radius 2 is 1.74 bits per heavy atom. The second-order valence-corrected chi connectivity index (χ2v) is 10.3. The normalized spacial score (nSPS) is 22.0. The molecule has 0 unspecified atom stereocenters. The van der Waals surface area contributed by atoms with Crippen molar-refractivity contribution in [1.29, 1.82) is 0 Å². The predicted molar refractivity (Wildman–Crippen MR) is 144 cm³/mol. The molecule has 5 rings (SSSR count). The lowest BCUT2D eigenvalue weighted by Gasteiger charge is -2.50. The summed E-state index contributed by atoms with van der Waals surface area (Å²) in [4.78, 5) is 28.4. The fourth-order valence-corrected chi connectivity index (χ4v) is 6.23. The molecule has 3 aromatic rings. The number of methoxy groups -OCH3 is 2. The first-order chi connectivity index (χ1) is 18.5. The summed E-state index contributed by atoms with van der Waals surface area (Å²) in [5.41, 5.74) is 2.40. The first kappa shape index (κ1) is 25.8. The Labute approximate surface area is 222 Å². The molecule has 0 radical (unpaired) electrons. The fourth-order valence-electron chi connectivity index (χ4n) is 6.23. The first-order valence-electron chi connectivity index (χ1n) is 13.0. The Morgan fingerprint density at radius 1 is 1.03 bits per heavy atom. The van der Waals surface area contributed by atoms with E-state index < -0.39 is 11.4 Å². The van der Waals surface area contributed by atoms with E-state index in [2.05, 4.69) is 23.5 Å². The number of fused-ring (bicyclic) bond motifs is 2. The molecule has 0 bridgehead atoms. The molecular weight excluding hydrogens is 483 g/mol. The van der Waals surface area contributed by atoms with Gasteiger partial charge in [-0.3, -0.25) is 9.59 Å². The highest BCUT2D eigenvalue weighted by Crippen LogP contribution is 2.47. The summed E-state index contributed by atoms with van der Waals surface area (Å²) in [7, 11) is 3.09. The van der Waals surface area contributed by atoms with Crippen LogP contribution in [0.4, 0.5) is 10.1 Å². The van der Waals surface area contributed by atoms with Crippen LogP contribution in [0.5, 0.6) is 11.5 Å². The average molecular weight is 517 g/mol. The third-order valence-corrected chi connectivity index (χ3v) is 8.33. The number of benzene rings is 3. The molecule has 3 atom stereocenters. The van der Waals surface area contributed by atoms with Crippen molar-refractivity contribution in [3.05, 3.63) is 89.2 Å². The molecule has 0 aromatic heterocycles. The van der Waals surface area contributed by atoms with Crippen molar-refractivity contribution in [2.75, 3.05) is 19.5 Å². The van der Waals surface area contributed by atoms with Crippen molar-refractivity contribution in [2.24, 2.45) is 11.8 Å². The predicted octanol–water partition coefficient (Wildman–Crippen LogP) is 5.39. The summed E-state index contributed by atoms with van der Waals surface area (Å²) in [6.45, 7) is 0.0112. The molecule has 2 aliphatic rings. The quantitative estimate of drug-likeness (QED) is 0.408. The van der Waals surface area contributed by atoms with E-state index in [1.165, 1.54) is 29.2 Å². The number of halogens is 1. The van der Waals surface area contributed by atoms with Crippen LogP contribution >= 0.6 is 0 Å². The maximum absolute atomic E-state index is 14.7. The van der Waals surface area contributed by atoms with Crippen molar-refractivity contribution in [1.82, 2.24) is 4.90 Å². The highest BCUT2D eigenvalue weighted by atomic mass is 19.1. The Bertz CT molecular complexity index is 1330. The Morgan fingerprint density at radius 3 is 2.42 bits per heavy atom. The van der Waals surface area contributed by atoms with Gasteiger partial charge in [0.2, 0.25) is 12.3 Å². The molecule has 0 aliphatic heterocycles. The summed E-state index contributed by atoms with van der Waals surface area (Å²) in [6, 6.07) is 20.0. The van der Waals surface area contributed by atoms with Gasteiger partial charge in [0.05, 0.1) is 19.9 Å². The lowest BCUT2D eigenvalue weighted by Crippen LogP contribution is -2.60. The van der Waals surface area contributed by atoms with E-state index in [-0.39, 0.29) is 18.4 Å². The molecular formula is C31H33FN2O4. The maximum Gasteiger partial charge on any atom is 0.250 e. The zero-order chi connectivity index (χ0) is 26.7. The number of anilines is 1. The van der Waals surface area contributed by atoms with Crippen LogP contribution in [0.2, 0.25) is 0 Å². The molecule has 2 amide bonds. The largest absolute Gasteiger partial charge is 0.497 e. The van der Waals surface area contributed by atoms with Gasteiger partial charge in [-0.2, -0.15) is 0 Å². The van der Waals surface area contributed by atoms with E-state index in [0.29, 0.717) is 47.9 Å². The van der Waals surface area contributed by atoms with Gasteiger partial charge in [-0.1, -0.05) is 42.5 Å². The molecule has 6 nitrogen and oxygen atoms in total. The number of ether oxygens (including phenoxy) is 2. The second-order valence-electron chi connectivity index (χ2n) is 10.3. The minimum Gasteiger partial charge on any atom is -0.497 e. The number of amides is 2. The lowest BCUT2D eigenvalue weighted by atomic mass is 9.62. The van der Waals surface area contributed by atoms with Crippen LogP contribution < -0.4 is 14.8 Å². The number of rotatable bonds is 8. The van der Waals surface area contributed by atoms with Gasteiger partial charge >= 0.3 is 0 Å². The van der Waals surface area contributed by atoms with Gasteiger partial charge < -0.3 is 19.7 Å². The van der Waals surface area contributed by atoms with Crippen LogP contribution in [-0.4, -0.2) is 37.0 Å². The van der Waals surface area contributed by atoms with Crippen molar-refractivity contribution in [2.45, 2.75) is 44.2 Å². The van der Waals surface area contributed by atoms with Crippen molar-refractivity contribution in [3.8, 4) is 11.5 Å². The Hall–Kier alpha value is -3.87. The molecule has 38 heavy (non-hydrogen) atoms. The van der Waals surface area contributed by atoms with E-state index in [0.717, 1.165) is 19.3 Å². The number of hydrogen-bond acceptors (Lipinski definition) is 4. The number of carbonyl (C=O) groups excluding carboxylic acids is 2. The van der Waals surface area contributed by atoms with Crippen molar-refractivity contribution < 1.29 is 23.5 Å². The summed E-state index contributed by atoms with van der Waals surface area (Å²) in [5, 5.41) is 3.04. The van der Waals surface area contributed by atoms with Crippen molar-refractivity contribution >= 4 is 18.0 Å². The zero-order valence-electron chi connectivity index (χ0n) is 21.8. The molecule has 7 heteroatoms. The molecule has 1 fully saturated rings. The van der Waals surface area contributed by atoms with E-state index in [9.17, 15) is 14.0 Å². The molecule has 2 aliphatic carbocycles. The van der Waals surface area contributed by atoms with Crippen molar-refractivity contribution in [3.63, 3.8) is 0 Å². The van der Waals surface area contributed by atoms with E-state index in [1.807, 2.05) is 6.07 Å². The number of nitrogens with zero attached hydrogens (tertiary/aromatic N) is 1. The number of hydrogen-bond donors (Lipinski definition) is 1. The van der Waals surface area contributed by atoms with Gasteiger partial charge in [0.25, 0.3) is 0 Å². The topological polar surface area (TPSA) is 67.9 Å². The monoisotopic (exact) mass is 516 g/mol. The maximum atomic E-state index is 14.7. The van der Waals surface area contributed by atoms with Crippen LogP contribution in [-0.2, 0) is 29.0 Å². The Balaban J connectivity index is 1.50. The van der Waals surface area contributed by atoms with Crippen LogP contribution in [0.3, 0.4) is 0 Å². The first-order valence-corrected chi connectivity index (χ1v) is 13.0. The highest BCUT2D eigenvalue weighted by Gasteiger charge is 2.51. The summed E-state index contributed by atoms with van der Waals surface area (Å²) in [5.74, 6) is 1.03. The molecule has 1 N–H and O–H groups in total. The molecule has 0 saturated heterocycles. The van der Waals surface area contributed by atoms with Crippen LogP contribution in [0.25, 0.3) is 0 Å². The Kier molecular flexibility index (Phi) is 7.36. The number of nitrogens with one attached hydrogen (secondary N) is 1.